The second-order valence-electron chi connectivity index (χ2n) is 3.48. The summed E-state index contributed by atoms with van der Waals surface area (Å²) in [5, 5.41) is 3.80. The van der Waals surface area contributed by atoms with Crippen molar-refractivity contribution in [3.63, 3.8) is 0 Å². The molecule has 0 atom stereocenters. The minimum Gasteiger partial charge on any atom is -0.359 e. The highest BCUT2D eigenvalue weighted by atomic mass is 16.1. The van der Waals surface area contributed by atoms with Crippen LogP contribution in [0.4, 0.5) is 5.69 Å². The van der Waals surface area contributed by atoms with Gasteiger partial charge in [0.1, 0.15) is 0 Å². The molecule has 0 aliphatic rings. The van der Waals surface area contributed by atoms with E-state index in [1.165, 1.54) is 0 Å². The number of hydrogen-bond acceptors (Lipinski definition) is 1. The Labute approximate surface area is 87.8 Å². The minimum atomic E-state index is -0.153. The zero-order chi connectivity index (χ0) is 10.8. The smallest absolute Gasteiger partial charge is 0.250 e. The molecule has 0 saturated heterocycles. The van der Waals surface area contributed by atoms with E-state index in [0.29, 0.717) is 5.57 Å². The second kappa shape index (κ2) is 3.61. The van der Waals surface area contributed by atoms with Crippen molar-refractivity contribution in [2.75, 3.05) is 5.32 Å². The van der Waals surface area contributed by atoms with Gasteiger partial charge < -0.3 is 10.3 Å². The number of hydrogen-bond donors (Lipinski definition) is 2. The van der Waals surface area contributed by atoms with Gasteiger partial charge in [-0.3, -0.25) is 4.79 Å². The third-order valence-electron chi connectivity index (χ3n) is 2.23. The lowest BCUT2D eigenvalue weighted by molar-refractivity contribution is -0.112. The molecule has 2 aromatic rings. The molecule has 0 radical (unpaired) electrons. The first-order valence-corrected chi connectivity index (χ1v) is 4.71. The molecule has 0 unspecified atom stereocenters. The van der Waals surface area contributed by atoms with Gasteiger partial charge in [-0.25, -0.2) is 0 Å². The Morgan fingerprint density at radius 2 is 2.13 bits per heavy atom. The quantitative estimate of drug-likeness (QED) is 0.719. The maximum Gasteiger partial charge on any atom is 0.250 e. The molecule has 1 aromatic heterocycles. The molecule has 76 valence electrons. The van der Waals surface area contributed by atoms with Crippen LogP contribution in [0.15, 0.2) is 42.6 Å². The number of aromatic amines is 1. The van der Waals surface area contributed by atoms with Gasteiger partial charge in [-0.15, -0.1) is 0 Å². The molecular formula is C12H12N2O. The largest absolute Gasteiger partial charge is 0.359 e. The van der Waals surface area contributed by atoms with Crippen molar-refractivity contribution in [2.45, 2.75) is 6.92 Å². The molecule has 0 aliphatic carbocycles. The summed E-state index contributed by atoms with van der Waals surface area (Å²) < 4.78 is 0. The fourth-order valence-corrected chi connectivity index (χ4v) is 1.40. The van der Waals surface area contributed by atoms with E-state index in [1.54, 1.807) is 13.1 Å². The van der Waals surface area contributed by atoms with Crippen LogP contribution in [0.25, 0.3) is 10.9 Å². The van der Waals surface area contributed by atoms with E-state index >= 15 is 0 Å². The number of anilines is 1. The average Bonchev–Trinajstić information content (AvgIpc) is 2.62. The van der Waals surface area contributed by atoms with Crippen LogP contribution in [0.2, 0.25) is 0 Å². The normalized spacial score (nSPS) is 10.2. The SMILES string of the molecule is C=C(C)C(=O)Nc1c[nH]c2ccccc12. The van der Waals surface area contributed by atoms with Crippen molar-refractivity contribution in [1.82, 2.24) is 4.98 Å². The maximum absolute atomic E-state index is 11.4. The lowest BCUT2D eigenvalue weighted by Crippen LogP contribution is -2.11. The summed E-state index contributed by atoms with van der Waals surface area (Å²) in [6.45, 7) is 5.28. The molecule has 0 spiro atoms. The number of aromatic nitrogens is 1. The Kier molecular flexibility index (Phi) is 2.29. The summed E-state index contributed by atoms with van der Waals surface area (Å²) in [5.41, 5.74) is 2.30. The molecule has 2 rings (SSSR count). The number of rotatable bonds is 2. The van der Waals surface area contributed by atoms with Crippen LogP contribution in [-0.4, -0.2) is 10.9 Å². The number of amides is 1. The summed E-state index contributed by atoms with van der Waals surface area (Å²) in [7, 11) is 0. The molecule has 2 N–H and O–H groups in total. The number of fused-ring (bicyclic) bond motifs is 1. The molecule has 3 nitrogen and oxygen atoms in total. The molecule has 0 aliphatic heterocycles. The van der Waals surface area contributed by atoms with E-state index in [1.807, 2.05) is 24.3 Å². The van der Waals surface area contributed by atoms with Crippen LogP contribution in [0, 0.1) is 0 Å². The fraction of sp³-hybridized carbons (Fsp3) is 0.0833. The highest BCUT2D eigenvalue weighted by Crippen LogP contribution is 2.22. The zero-order valence-electron chi connectivity index (χ0n) is 8.50. The molecule has 1 aromatic carbocycles. The Bertz CT molecular complexity index is 525. The summed E-state index contributed by atoms with van der Waals surface area (Å²) in [6, 6.07) is 7.81. The van der Waals surface area contributed by atoms with Crippen LogP contribution in [0.1, 0.15) is 6.92 Å². The van der Waals surface area contributed by atoms with Gasteiger partial charge in [0.25, 0.3) is 5.91 Å². The maximum atomic E-state index is 11.4. The number of carbonyl (C=O) groups is 1. The van der Waals surface area contributed by atoms with Crippen molar-refractivity contribution in [3.05, 3.63) is 42.6 Å². The van der Waals surface area contributed by atoms with Gasteiger partial charge in [-0.2, -0.15) is 0 Å². The standard InChI is InChI=1S/C12H12N2O/c1-8(2)12(15)14-11-7-13-10-6-4-3-5-9(10)11/h3-7,13H,1H2,2H3,(H,14,15). The summed E-state index contributed by atoms with van der Waals surface area (Å²) in [4.78, 5) is 14.5. The lowest BCUT2D eigenvalue weighted by atomic mass is 10.2. The van der Waals surface area contributed by atoms with Crippen LogP contribution in [0.3, 0.4) is 0 Å². The summed E-state index contributed by atoms with van der Waals surface area (Å²) >= 11 is 0. The number of carbonyl (C=O) groups excluding carboxylic acids is 1. The Balaban J connectivity index is 2.37. The third-order valence-corrected chi connectivity index (χ3v) is 2.23. The molecule has 0 saturated carbocycles. The first-order chi connectivity index (χ1) is 7.18. The minimum absolute atomic E-state index is 0.153. The number of benzene rings is 1. The van der Waals surface area contributed by atoms with Crippen molar-refractivity contribution in [2.24, 2.45) is 0 Å². The highest BCUT2D eigenvalue weighted by molar-refractivity contribution is 6.07. The predicted molar refractivity (Wildman–Crippen MR) is 61.7 cm³/mol. The molecular weight excluding hydrogens is 188 g/mol. The highest BCUT2D eigenvalue weighted by Gasteiger charge is 2.06. The third kappa shape index (κ3) is 1.76. The van der Waals surface area contributed by atoms with Crippen molar-refractivity contribution in [1.29, 1.82) is 0 Å². The van der Waals surface area contributed by atoms with Crippen molar-refractivity contribution < 1.29 is 4.79 Å². The van der Waals surface area contributed by atoms with Crippen LogP contribution >= 0.6 is 0 Å². The average molecular weight is 200 g/mol. The number of para-hydroxylation sites is 1. The van der Waals surface area contributed by atoms with Gasteiger partial charge in [0.15, 0.2) is 0 Å². The van der Waals surface area contributed by atoms with Gasteiger partial charge >= 0.3 is 0 Å². The number of nitrogens with one attached hydrogen (secondary N) is 2. The molecule has 0 fully saturated rings. The Morgan fingerprint density at radius 1 is 1.40 bits per heavy atom. The van der Waals surface area contributed by atoms with Gasteiger partial charge in [-0.1, -0.05) is 24.8 Å². The lowest BCUT2D eigenvalue weighted by Gasteiger charge is -2.01. The predicted octanol–water partition coefficient (Wildman–Crippen LogP) is 2.68. The van der Waals surface area contributed by atoms with E-state index in [0.717, 1.165) is 16.6 Å². The van der Waals surface area contributed by atoms with Gasteiger partial charge in [0.2, 0.25) is 0 Å². The van der Waals surface area contributed by atoms with Gasteiger partial charge in [-0.05, 0) is 13.0 Å². The van der Waals surface area contributed by atoms with Gasteiger partial charge in [0.05, 0.1) is 5.69 Å². The fourth-order valence-electron chi connectivity index (χ4n) is 1.40. The zero-order valence-corrected chi connectivity index (χ0v) is 8.50. The first-order valence-electron chi connectivity index (χ1n) is 4.71. The van der Waals surface area contributed by atoms with Crippen molar-refractivity contribution >= 4 is 22.5 Å². The molecule has 1 heterocycles. The van der Waals surface area contributed by atoms with Crippen LogP contribution in [0.5, 0.6) is 0 Å². The second-order valence-corrected chi connectivity index (χ2v) is 3.48. The van der Waals surface area contributed by atoms with Gasteiger partial charge in [0, 0.05) is 22.7 Å². The Hall–Kier alpha value is -2.03. The molecule has 0 bridgehead atoms. The number of H-pyrrole nitrogens is 1. The molecule has 3 heteroatoms. The Morgan fingerprint density at radius 3 is 2.87 bits per heavy atom. The van der Waals surface area contributed by atoms with E-state index < -0.39 is 0 Å². The van der Waals surface area contributed by atoms with Crippen LogP contribution < -0.4 is 5.32 Å². The van der Waals surface area contributed by atoms with E-state index in [9.17, 15) is 4.79 Å². The van der Waals surface area contributed by atoms with E-state index in [2.05, 4.69) is 16.9 Å². The topological polar surface area (TPSA) is 44.9 Å². The molecule has 1 amide bonds. The first kappa shape index (κ1) is 9.52. The molecule has 15 heavy (non-hydrogen) atoms. The van der Waals surface area contributed by atoms with Crippen molar-refractivity contribution in [3.8, 4) is 0 Å². The van der Waals surface area contributed by atoms with E-state index in [4.69, 9.17) is 0 Å². The monoisotopic (exact) mass is 200 g/mol. The summed E-state index contributed by atoms with van der Waals surface area (Å²) in [6.07, 6.45) is 1.78. The van der Waals surface area contributed by atoms with Crippen LogP contribution in [-0.2, 0) is 4.79 Å². The summed E-state index contributed by atoms with van der Waals surface area (Å²) in [5.74, 6) is -0.153. The van der Waals surface area contributed by atoms with E-state index in [-0.39, 0.29) is 5.91 Å².